The fourth-order valence-corrected chi connectivity index (χ4v) is 2.52. The molecule has 19 heavy (non-hydrogen) atoms. The lowest BCUT2D eigenvalue weighted by molar-refractivity contribution is 0.507. The summed E-state index contributed by atoms with van der Waals surface area (Å²) in [5.74, 6) is -0.634. The molecule has 0 aliphatic carbocycles. The maximum atomic E-state index is 13.1. The number of anilines is 1. The molecule has 2 aromatic rings. The summed E-state index contributed by atoms with van der Waals surface area (Å²) in [5.41, 5.74) is 1.73. The van der Waals surface area contributed by atoms with Gasteiger partial charge in [-0.25, -0.2) is 8.78 Å². The number of hydrogen-bond acceptors (Lipinski definition) is 2. The summed E-state index contributed by atoms with van der Waals surface area (Å²) >= 11 is 1.75. The Hall–Kier alpha value is -1.55. The van der Waals surface area contributed by atoms with Crippen LogP contribution in [0.2, 0.25) is 0 Å². The highest BCUT2D eigenvalue weighted by molar-refractivity contribution is 7.99. The molecule has 0 aliphatic heterocycles. The smallest absolute Gasteiger partial charge is 0.159 e. The van der Waals surface area contributed by atoms with E-state index < -0.39 is 11.6 Å². The molecule has 0 spiro atoms. The molecular weight excluding hydrogens is 264 g/mol. The van der Waals surface area contributed by atoms with Gasteiger partial charge in [0.05, 0.1) is 0 Å². The van der Waals surface area contributed by atoms with Crippen LogP contribution in [-0.4, -0.2) is 5.75 Å². The van der Waals surface area contributed by atoms with Gasteiger partial charge in [0.1, 0.15) is 0 Å². The number of hydrogen-bond donors (Lipinski definition) is 1. The third kappa shape index (κ3) is 3.70. The first kappa shape index (κ1) is 13.9. The monoisotopic (exact) mass is 279 g/mol. The van der Waals surface area contributed by atoms with E-state index in [1.165, 1.54) is 6.07 Å². The van der Waals surface area contributed by atoms with Crippen LogP contribution in [0.15, 0.2) is 47.4 Å². The quantitative estimate of drug-likeness (QED) is 0.797. The number of rotatable bonds is 5. The molecule has 0 atom stereocenters. The zero-order valence-electron chi connectivity index (χ0n) is 10.6. The fourth-order valence-electron chi connectivity index (χ4n) is 1.74. The van der Waals surface area contributed by atoms with E-state index in [1.807, 2.05) is 24.3 Å². The Morgan fingerprint density at radius 2 is 1.84 bits per heavy atom. The van der Waals surface area contributed by atoms with Crippen LogP contribution in [0.1, 0.15) is 12.5 Å². The summed E-state index contributed by atoms with van der Waals surface area (Å²) in [5, 5.41) is 3.25. The van der Waals surface area contributed by atoms with Crippen LogP contribution in [0.5, 0.6) is 0 Å². The van der Waals surface area contributed by atoms with Crippen LogP contribution < -0.4 is 5.32 Å². The number of thioether (sulfide) groups is 1. The maximum Gasteiger partial charge on any atom is 0.159 e. The molecule has 100 valence electrons. The summed E-state index contributed by atoms with van der Waals surface area (Å²) in [6, 6.07) is 11.9. The van der Waals surface area contributed by atoms with Gasteiger partial charge < -0.3 is 5.32 Å². The highest BCUT2D eigenvalue weighted by Gasteiger charge is 2.04. The van der Waals surface area contributed by atoms with Gasteiger partial charge in [-0.1, -0.05) is 25.1 Å². The van der Waals surface area contributed by atoms with Crippen molar-refractivity contribution in [2.45, 2.75) is 18.4 Å². The summed E-state index contributed by atoms with van der Waals surface area (Å²) in [6.45, 7) is 2.56. The Morgan fingerprint density at radius 3 is 2.58 bits per heavy atom. The van der Waals surface area contributed by atoms with Crippen LogP contribution in [0.3, 0.4) is 0 Å². The third-order valence-electron chi connectivity index (χ3n) is 2.65. The lowest BCUT2D eigenvalue weighted by atomic mass is 10.2. The highest BCUT2D eigenvalue weighted by atomic mass is 32.2. The summed E-state index contributed by atoms with van der Waals surface area (Å²) in [4.78, 5) is 1.16. The zero-order chi connectivity index (χ0) is 13.7. The number of para-hydroxylation sites is 1. The molecule has 0 bridgehead atoms. The van der Waals surface area contributed by atoms with Gasteiger partial charge in [0.25, 0.3) is 0 Å². The minimum atomic E-state index is -0.814. The Labute approximate surface area is 116 Å². The van der Waals surface area contributed by atoms with E-state index in [-0.39, 0.29) is 0 Å². The van der Waals surface area contributed by atoms with E-state index in [1.54, 1.807) is 17.8 Å². The number of nitrogens with one attached hydrogen (secondary N) is 1. The Kier molecular flexibility index (Phi) is 4.80. The largest absolute Gasteiger partial charge is 0.380 e. The van der Waals surface area contributed by atoms with Crippen molar-refractivity contribution in [3.05, 3.63) is 59.7 Å². The molecule has 0 saturated carbocycles. The molecule has 0 unspecified atom stereocenters. The predicted octanol–water partition coefficient (Wildman–Crippen LogP) is 4.69. The van der Waals surface area contributed by atoms with Gasteiger partial charge in [0, 0.05) is 17.1 Å². The normalized spacial score (nSPS) is 10.5. The standard InChI is InChI=1S/C15H15F2NS/c1-2-19-15-6-4-3-5-14(15)18-10-11-7-8-12(16)13(17)9-11/h3-9,18H,2,10H2,1H3. The predicted molar refractivity (Wildman–Crippen MR) is 76.5 cm³/mol. The second kappa shape index (κ2) is 6.57. The minimum absolute atomic E-state index is 0.471. The van der Waals surface area contributed by atoms with Crippen LogP contribution in [0.4, 0.5) is 14.5 Å². The summed E-state index contributed by atoms with van der Waals surface area (Å²) in [7, 11) is 0. The summed E-state index contributed by atoms with van der Waals surface area (Å²) < 4.78 is 25.9. The van der Waals surface area contributed by atoms with Gasteiger partial charge in [0.2, 0.25) is 0 Å². The van der Waals surface area contributed by atoms with E-state index in [2.05, 4.69) is 12.2 Å². The van der Waals surface area contributed by atoms with Gasteiger partial charge >= 0.3 is 0 Å². The molecule has 4 heteroatoms. The van der Waals surface area contributed by atoms with Gasteiger partial charge in [-0.3, -0.25) is 0 Å². The molecule has 2 rings (SSSR count). The zero-order valence-corrected chi connectivity index (χ0v) is 11.4. The molecule has 0 radical (unpaired) electrons. The Morgan fingerprint density at radius 1 is 1.05 bits per heavy atom. The van der Waals surface area contributed by atoms with Crippen LogP contribution in [0, 0.1) is 11.6 Å². The van der Waals surface area contributed by atoms with Crippen molar-refractivity contribution in [3.63, 3.8) is 0 Å². The van der Waals surface area contributed by atoms with Crippen molar-refractivity contribution in [1.82, 2.24) is 0 Å². The van der Waals surface area contributed by atoms with Crippen molar-refractivity contribution in [2.24, 2.45) is 0 Å². The van der Waals surface area contributed by atoms with Gasteiger partial charge in [0.15, 0.2) is 11.6 Å². The second-order valence-electron chi connectivity index (χ2n) is 4.03. The minimum Gasteiger partial charge on any atom is -0.380 e. The molecule has 0 saturated heterocycles. The van der Waals surface area contributed by atoms with Crippen molar-refractivity contribution < 1.29 is 8.78 Å². The van der Waals surface area contributed by atoms with Gasteiger partial charge in [-0.2, -0.15) is 0 Å². The van der Waals surface area contributed by atoms with Crippen molar-refractivity contribution >= 4 is 17.4 Å². The Balaban J connectivity index is 2.07. The Bertz CT molecular complexity index is 558. The maximum absolute atomic E-state index is 13.1. The molecule has 0 aromatic heterocycles. The first-order valence-corrected chi connectivity index (χ1v) is 7.09. The van der Waals surface area contributed by atoms with Crippen LogP contribution in [-0.2, 0) is 6.54 Å². The van der Waals surface area contributed by atoms with Gasteiger partial charge in [-0.05, 0) is 35.6 Å². The molecule has 1 nitrogen and oxygen atoms in total. The molecule has 1 N–H and O–H groups in total. The molecule has 0 amide bonds. The molecule has 0 heterocycles. The fraction of sp³-hybridized carbons (Fsp3) is 0.200. The molecule has 0 fully saturated rings. The topological polar surface area (TPSA) is 12.0 Å². The third-order valence-corrected chi connectivity index (χ3v) is 3.61. The van der Waals surface area contributed by atoms with Crippen LogP contribution >= 0.6 is 11.8 Å². The van der Waals surface area contributed by atoms with Crippen molar-refractivity contribution in [2.75, 3.05) is 11.1 Å². The first-order chi connectivity index (χ1) is 9.20. The summed E-state index contributed by atoms with van der Waals surface area (Å²) in [6.07, 6.45) is 0. The average molecular weight is 279 g/mol. The lowest BCUT2D eigenvalue weighted by Gasteiger charge is -2.11. The van der Waals surface area contributed by atoms with E-state index in [9.17, 15) is 8.78 Å². The average Bonchev–Trinajstić information content (AvgIpc) is 2.42. The van der Waals surface area contributed by atoms with E-state index in [0.717, 1.165) is 28.0 Å². The van der Waals surface area contributed by atoms with Crippen molar-refractivity contribution in [1.29, 1.82) is 0 Å². The second-order valence-corrected chi connectivity index (χ2v) is 5.34. The van der Waals surface area contributed by atoms with Gasteiger partial charge in [-0.15, -0.1) is 11.8 Å². The lowest BCUT2D eigenvalue weighted by Crippen LogP contribution is -2.01. The van der Waals surface area contributed by atoms with E-state index in [0.29, 0.717) is 6.54 Å². The SMILES string of the molecule is CCSc1ccccc1NCc1ccc(F)c(F)c1. The molecule has 2 aromatic carbocycles. The van der Waals surface area contributed by atoms with E-state index >= 15 is 0 Å². The van der Waals surface area contributed by atoms with Crippen LogP contribution in [0.25, 0.3) is 0 Å². The number of benzene rings is 2. The molecule has 0 aliphatic rings. The van der Waals surface area contributed by atoms with E-state index in [4.69, 9.17) is 0 Å². The first-order valence-electron chi connectivity index (χ1n) is 6.10. The highest BCUT2D eigenvalue weighted by Crippen LogP contribution is 2.27. The number of halogens is 2. The molecular formula is C15H15F2NS. The van der Waals surface area contributed by atoms with Crippen molar-refractivity contribution in [3.8, 4) is 0 Å².